The number of quaternary nitrogens is 1. The summed E-state index contributed by atoms with van der Waals surface area (Å²) in [6, 6.07) is 0. The molecular weight excluding hydrogens is 312 g/mol. The monoisotopic (exact) mass is 341 g/mol. The van der Waals surface area contributed by atoms with Gasteiger partial charge in [-0.3, -0.25) is 15.3 Å². The quantitative estimate of drug-likeness (QED) is 0.422. The Hall–Kier alpha value is -1.22. The third-order valence-electron chi connectivity index (χ3n) is 5.96. The predicted molar refractivity (Wildman–Crippen MR) is 85.3 cm³/mol. The largest absolute Gasteiger partial charge is 0.469 e. The maximum absolute atomic E-state index is 13.1. The molecule has 3 heterocycles. The van der Waals surface area contributed by atoms with E-state index in [4.69, 9.17) is 10.5 Å². The van der Waals surface area contributed by atoms with E-state index in [-0.39, 0.29) is 36.7 Å². The number of likely N-dealkylation sites (tertiary alicyclic amines) is 1. The van der Waals surface area contributed by atoms with Crippen LogP contribution in [0.3, 0.4) is 0 Å². The van der Waals surface area contributed by atoms with Crippen LogP contribution in [-0.2, 0) is 14.3 Å². The minimum Gasteiger partial charge on any atom is -0.469 e. The highest BCUT2D eigenvalue weighted by Crippen LogP contribution is 2.32. The fourth-order valence-corrected chi connectivity index (χ4v) is 4.68. The van der Waals surface area contributed by atoms with Crippen molar-refractivity contribution in [1.29, 1.82) is 0 Å². The van der Waals surface area contributed by atoms with Crippen molar-refractivity contribution in [3.63, 3.8) is 0 Å². The summed E-state index contributed by atoms with van der Waals surface area (Å²) in [6.45, 7) is 3.27. The van der Waals surface area contributed by atoms with Gasteiger partial charge in [-0.05, 0) is 25.2 Å². The molecule has 0 saturated carbocycles. The van der Waals surface area contributed by atoms with E-state index in [0.717, 1.165) is 24.3 Å². The van der Waals surface area contributed by atoms with Crippen LogP contribution in [-0.4, -0.2) is 67.2 Å². The SMILES string of the molecule is COC(=O)C1CC2C(=O)N3CCCC(C)C3NC2[NH+](CCO)C1N. The van der Waals surface area contributed by atoms with Gasteiger partial charge in [-0.1, -0.05) is 6.92 Å². The van der Waals surface area contributed by atoms with Crippen molar-refractivity contribution in [3.05, 3.63) is 0 Å². The number of hydrogen-bond donors (Lipinski definition) is 4. The Bertz CT molecular complexity index is 502. The van der Waals surface area contributed by atoms with Gasteiger partial charge in [0.1, 0.15) is 18.4 Å². The van der Waals surface area contributed by atoms with Crippen LogP contribution in [0.1, 0.15) is 26.2 Å². The minimum atomic E-state index is -0.526. The first kappa shape index (κ1) is 17.6. The van der Waals surface area contributed by atoms with Crippen LogP contribution in [0.25, 0.3) is 0 Å². The molecule has 5 N–H and O–H groups in total. The van der Waals surface area contributed by atoms with Gasteiger partial charge in [0.2, 0.25) is 5.91 Å². The summed E-state index contributed by atoms with van der Waals surface area (Å²) < 4.78 is 4.89. The van der Waals surface area contributed by atoms with Crippen LogP contribution in [0.4, 0.5) is 0 Å². The van der Waals surface area contributed by atoms with Crippen LogP contribution in [0.15, 0.2) is 0 Å². The van der Waals surface area contributed by atoms with E-state index in [0.29, 0.717) is 18.9 Å². The summed E-state index contributed by atoms with van der Waals surface area (Å²) in [7, 11) is 1.34. The van der Waals surface area contributed by atoms with Gasteiger partial charge in [-0.25, -0.2) is 5.32 Å². The standard InChI is InChI=1S/C16H28N4O4/c1-9-4-3-5-20-13(9)18-14-11(15(20)22)8-10(16(23)24-2)12(17)19(14)6-7-21/h9-14,18,21H,3-8,17H2,1-2H3/p+1. The Labute approximate surface area is 142 Å². The number of carbonyl (C=O) groups excluding carboxylic acids is 2. The molecule has 7 unspecified atom stereocenters. The highest BCUT2D eigenvalue weighted by Gasteiger charge is 2.56. The van der Waals surface area contributed by atoms with Crippen molar-refractivity contribution in [3.8, 4) is 0 Å². The van der Waals surface area contributed by atoms with Crippen LogP contribution < -0.4 is 16.0 Å². The van der Waals surface area contributed by atoms with Crippen LogP contribution >= 0.6 is 0 Å². The van der Waals surface area contributed by atoms with Crippen LogP contribution in [0, 0.1) is 17.8 Å². The fourth-order valence-electron chi connectivity index (χ4n) is 4.68. The summed E-state index contributed by atoms with van der Waals surface area (Å²) in [5.74, 6) is -0.724. The third-order valence-corrected chi connectivity index (χ3v) is 5.96. The molecule has 3 aliphatic rings. The molecule has 0 aromatic carbocycles. The molecule has 8 nitrogen and oxygen atoms in total. The van der Waals surface area contributed by atoms with Crippen molar-refractivity contribution < 1.29 is 24.3 Å². The predicted octanol–water partition coefficient (Wildman–Crippen LogP) is -2.53. The summed E-state index contributed by atoms with van der Waals surface area (Å²) >= 11 is 0. The average Bonchev–Trinajstić information content (AvgIpc) is 2.58. The Morgan fingerprint density at radius 1 is 1.54 bits per heavy atom. The van der Waals surface area contributed by atoms with E-state index in [2.05, 4.69) is 12.2 Å². The van der Waals surface area contributed by atoms with Crippen molar-refractivity contribution in [2.75, 3.05) is 26.8 Å². The molecule has 7 atom stereocenters. The summed E-state index contributed by atoms with van der Waals surface area (Å²) in [6.07, 6.45) is 1.86. The molecular formula is C16H29N4O4+. The summed E-state index contributed by atoms with van der Waals surface area (Å²) in [5.41, 5.74) is 6.33. The van der Waals surface area contributed by atoms with Gasteiger partial charge in [0.15, 0.2) is 12.3 Å². The molecule has 0 aromatic heterocycles. The smallest absolute Gasteiger partial charge is 0.316 e. The number of nitrogens with one attached hydrogen (secondary N) is 2. The van der Waals surface area contributed by atoms with E-state index >= 15 is 0 Å². The van der Waals surface area contributed by atoms with Gasteiger partial charge in [0, 0.05) is 6.54 Å². The molecule has 8 heteroatoms. The van der Waals surface area contributed by atoms with Gasteiger partial charge in [0.25, 0.3) is 0 Å². The maximum atomic E-state index is 13.1. The van der Waals surface area contributed by atoms with Gasteiger partial charge < -0.3 is 19.6 Å². The van der Waals surface area contributed by atoms with Crippen molar-refractivity contribution >= 4 is 11.9 Å². The second-order valence-electron chi connectivity index (χ2n) is 7.29. The van der Waals surface area contributed by atoms with Gasteiger partial charge >= 0.3 is 5.97 Å². The molecule has 3 saturated heterocycles. The van der Waals surface area contributed by atoms with E-state index in [9.17, 15) is 14.7 Å². The molecule has 3 fully saturated rings. The zero-order chi connectivity index (χ0) is 17.4. The second kappa shape index (κ2) is 6.95. The number of fused-ring (bicyclic) bond motifs is 2. The molecule has 1 amide bonds. The first-order valence-electron chi connectivity index (χ1n) is 8.86. The zero-order valence-electron chi connectivity index (χ0n) is 14.4. The highest BCUT2D eigenvalue weighted by molar-refractivity contribution is 5.82. The number of esters is 1. The third kappa shape index (κ3) is 2.81. The molecule has 0 bridgehead atoms. The first-order valence-corrected chi connectivity index (χ1v) is 8.86. The van der Waals surface area contributed by atoms with Crippen molar-refractivity contribution in [1.82, 2.24) is 10.2 Å². The highest BCUT2D eigenvalue weighted by atomic mass is 16.5. The molecule has 0 radical (unpaired) electrons. The van der Waals surface area contributed by atoms with E-state index in [1.165, 1.54) is 7.11 Å². The van der Waals surface area contributed by atoms with Crippen molar-refractivity contribution in [2.24, 2.45) is 23.5 Å². The van der Waals surface area contributed by atoms with Crippen molar-refractivity contribution in [2.45, 2.75) is 44.7 Å². The number of aliphatic hydroxyl groups is 1. The van der Waals surface area contributed by atoms with Gasteiger partial charge in [-0.15, -0.1) is 0 Å². The molecule has 3 rings (SSSR count). The molecule has 0 aromatic rings. The van der Waals surface area contributed by atoms with Gasteiger partial charge in [-0.2, -0.15) is 0 Å². The minimum absolute atomic E-state index is 0.0167. The Kier molecular flexibility index (Phi) is 5.10. The lowest BCUT2D eigenvalue weighted by Crippen LogP contribution is -3.26. The lowest BCUT2D eigenvalue weighted by molar-refractivity contribution is -0.965. The molecule has 3 aliphatic heterocycles. The summed E-state index contributed by atoms with van der Waals surface area (Å²) in [5, 5.41) is 13.0. The van der Waals surface area contributed by atoms with E-state index in [1.807, 2.05) is 4.90 Å². The topological polar surface area (TPSA) is 109 Å². The number of piperidine rings is 2. The van der Waals surface area contributed by atoms with Crippen LogP contribution in [0.5, 0.6) is 0 Å². The number of amides is 1. The van der Waals surface area contributed by atoms with E-state index < -0.39 is 12.1 Å². The maximum Gasteiger partial charge on any atom is 0.316 e. The molecule has 0 spiro atoms. The molecule has 136 valence electrons. The Morgan fingerprint density at radius 2 is 2.29 bits per heavy atom. The normalized spacial score (nSPS) is 42.2. The second-order valence-corrected chi connectivity index (χ2v) is 7.29. The number of nitrogens with zero attached hydrogens (tertiary/aromatic N) is 1. The average molecular weight is 341 g/mol. The number of carbonyl (C=O) groups is 2. The molecule has 24 heavy (non-hydrogen) atoms. The lowest BCUT2D eigenvalue weighted by Gasteiger charge is -2.53. The Morgan fingerprint density at radius 3 is 2.96 bits per heavy atom. The number of nitrogens with two attached hydrogens (primary N) is 1. The Balaban J connectivity index is 1.89. The first-order chi connectivity index (χ1) is 11.5. The number of rotatable bonds is 3. The number of ether oxygens (including phenoxy) is 1. The summed E-state index contributed by atoms with van der Waals surface area (Å²) in [4.78, 5) is 28.0. The fraction of sp³-hybridized carbons (Fsp3) is 0.875. The number of aliphatic hydroxyl groups excluding tert-OH is 1. The van der Waals surface area contributed by atoms with Crippen LogP contribution in [0.2, 0.25) is 0 Å². The van der Waals surface area contributed by atoms with E-state index in [1.54, 1.807) is 0 Å². The van der Waals surface area contributed by atoms with Gasteiger partial charge in [0.05, 0.1) is 19.9 Å². The molecule has 0 aliphatic carbocycles. The zero-order valence-corrected chi connectivity index (χ0v) is 14.4. The number of hydrogen-bond acceptors (Lipinski definition) is 6. The number of methoxy groups -OCH3 is 1. The lowest BCUT2D eigenvalue weighted by atomic mass is 9.80.